The lowest BCUT2D eigenvalue weighted by Gasteiger charge is -2.21. The van der Waals surface area contributed by atoms with Gasteiger partial charge in [0.15, 0.2) is 10.7 Å². The van der Waals surface area contributed by atoms with Crippen molar-refractivity contribution in [1.82, 2.24) is 23.8 Å². The number of imidazole rings is 1. The molecule has 1 aliphatic heterocycles. The van der Waals surface area contributed by atoms with Crippen LogP contribution in [0.3, 0.4) is 0 Å². The molecule has 0 saturated carbocycles. The SMILES string of the molecule is Cn1cnc(S(=O)(=O)N2C[C@H](Nc3cc(C(F)(F)F)nc(S(C)(=O)=O)n3)[C@@H](c3ccccc3)C2)c1. The van der Waals surface area contributed by atoms with Crippen LogP contribution in [-0.2, 0) is 33.1 Å². The molecule has 2 aromatic heterocycles. The predicted octanol–water partition coefficient (Wildman–Crippen LogP) is 1.90. The standard InChI is InChI=1S/C20H21F3N6O4S2/c1-28-11-18(24-12-28)35(32,33)29-9-14(13-6-4-3-5-7-13)15(10-29)25-17-8-16(20(21,22)23)26-19(27-17)34(2,30)31/h3-8,11-12,14-15H,9-10H2,1-2H3,(H,25,26,27)/t14-,15+/m1/s1. The van der Waals surface area contributed by atoms with Crippen molar-refractivity contribution in [2.45, 2.75) is 28.3 Å². The molecule has 1 aromatic carbocycles. The molecule has 3 heterocycles. The summed E-state index contributed by atoms with van der Waals surface area (Å²) < 4.78 is 93.0. The maximum absolute atomic E-state index is 13.4. The van der Waals surface area contributed by atoms with Gasteiger partial charge in [-0.05, 0) is 5.56 Å². The van der Waals surface area contributed by atoms with E-state index in [4.69, 9.17) is 0 Å². The second-order valence-electron chi connectivity index (χ2n) is 8.16. The third kappa shape index (κ3) is 5.31. The lowest BCUT2D eigenvalue weighted by Crippen LogP contribution is -2.32. The van der Waals surface area contributed by atoms with Gasteiger partial charge in [-0.3, -0.25) is 0 Å². The van der Waals surface area contributed by atoms with Gasteiger partial charge in [0.05, 0.1) is 6.33 Å². The fourth-order valence-electron chi connectivity index (χ4n) is 3.80. The Kier molecular flexibility index (Phi) is 6.36. The summed E-state index contributed by atoms with van der Waals surface area (Å²) >= 11 is 0. The molecule has 0 aliphatic carbocycles. The summed E-state index contributed by atoms with van der Waals surface area (Å²) in [5, 5.41) is 1.68. The third-order valence-electron chi connectivity index (χ3n) is 5.46. The van der Waals surface area contributed by atoms with Gasteiger partial charge in [0.25, 0.3) is 10.0 Å². The van der Waals surface area contributed by atoms with Gasteiger partial charge < -0.3 is 9.88 Å². The second-order valence-corrected chi connectivity index (χ2v) is 12.0. The topological polar surface area (TPSA) is 127 Å². The highest BCUT2D eigenvalue weighted by Crippen LogP contribution is 2.34. The number of sulfonamides is 1. The number of aromatic nitrogens is 4. The fraction of sp³-hybridized carbons (Fsp3) is 0.350. The van der Waals surface area contributed by atoms with Gasteiger partial charge in [-0.1, -0.05) is 30.3 Å². The summed E-state index contributed by atoms with van der Waals surface area (Å²) in [5.74, 6) is -0.851. The van der Waals surface area contributed by atoms with Crippen LogP contribution >= 0.6 is 0 Å². The van der Waals surface area contributed by atoms with Crippen LogP contribution in [0, 0.1) is 0 Å². The monoisotopic (exact) mass is 530 g/mol. The van der Waals surface area contributed by atoms with Crippen molar-refractivity contribution < 1.29 is 30.0 Å². The maximum atomic E-state index is 13.4. The van der Waals surface area contributed by atoms with Crippen LogP contribution in [-0.4, -0.2) is 66.0 Å². The van der Waals surface area contributed by atoms with Crippen molar-refractivity contribution in [3.05, 3.63) is 60.2 Å². The number of alkyl halides is 3. The molecule has 188 valence electrons. The average Bonchev–Trinajstić information content (AvgIpc) is 3.40. The summed E-state index contributed by atoms with van der Waals surface area (Å²) in [5.41, 5.74) is -0.681. The van der Waals surface area contributed by atoms with Crippen LogP contribution in [0.5, 0.6) is 0 Å². The number of sulfone groups is 1. The van der Waals surface area contributed by atoms with Crippen LogP contribution < -0.4 is 5.32 Å². The molecule has 35 heavy (non-hydrogen) atoms. The van der Waals surface area contributed by atoms with Gasteiger partial charge in [-0.25, -0.2) is 31.8 Å². The minimum absolute atomic E-state index is 0.0245. The Bertz CT molecular complexity index is 1440. The molecule has 10 nitrogen and oxygen atoms in total. The van der Waals surface area contributed by atoms with Gasteiger partial charge >= 0.3 is 6.18 Å². The summed E-state index contributed by atoms with van der Waals surface area (Å²) in [6, 6.07) is 8.74. The first-order chi connectivity index (χ1) is 16.2. The number of benzene rings is 1. The number of anilines is 1. The molecule has 4 rings (SSSR count). The highest BCUT2D eigenvalue weighted by Gasteiger charge is 2.42. The zero-order chi connectivity index (χ0) is 25.6. The van der Waals surface area contributed by atoms with Gasteiger partial charge in [-0.2, -0.15) is 17.5 Å². The van der Waals surface area contributed by atoms with E-state index < -0.39 is 48.8 Å². The van der Waals surface area contributed by atoms with Gasteiger partial charge in [-0.15, -0.1) is 0 Å². The van der Waals surface area contributed by atoms with Crippen molar-refractivity contribution in [3.63, 3.8) is 0 Å². The van der Waals surface area contributed by atoms with E-state index in [0.717, 1.165) is 5.56 Å². The summed E-state index contributed by atoms with van der Waals surface area (Å²) in [6.07, 6.45) is -1.51. The van der Waals surface area contributed by atoms with E-state index in [0.29, 0.717) is 12.3 Å². The molecule has 0 spiro atoms. The Balaban J connectivity index is 1.73. The Labute approximate surface area is 199 Å². The molecule has 15 heteroatoms. The Morgan fingerprint density at radius 2 is 1.74 bits per heavy atom. The number of halogens is 3. The van der Waals surface area contributed by atoms with Gasteiger partial charge in [0, 0.05) is 50.6 Å². The minimum atomic E-state index is -4.92. The second kappa shape index (κ2) is 8.87. The summed E-state index contributed by atoms with van der Waals surface area (Å²) in [6.45, 7) is -0.0885. The molecule has 0 amide bonds. The molecule has 1 aliphatic rings. The minimum Gasteiger partial charge on any atom is -0.365 e. The Morgan fingerprint density at radius 3 is 2.31 bits per heavy atom. The number of hydrogen-bond acceptors (Lipinski definition) is 8. The Hall–Kier alpha value is -3.04. The van der Waals surface area contributed by atoms with Crippen molar-refractivity contribution >= 4 is 25.7 Å². The third-order valence-corrected chi connectivity index (χ3v) is 8.02. The molecule has 0 radical (unpaired) electrons. The first kappa shape index (κ1) is 25.1. The van der Waals surface area contributed by atoms with Crippen LogP contribution in [0.2, 0.25) is 0 Å². The lowest BCUT2D eigenvalue weighted by atomic mass is 9.94. The molecule has 1 saturated heterocycles. The lowest BCUT2D eigenvalue weighted by molar-refractivity contribution is -0.141. The van der Waals surface area contributed by atoms with Crippen molar-refractivity contribution in [2.75, 3.05) is 24.7 Å². The van der Waals surface area contributed by atoms with Crippen LogP contribution in [0.15, 0.2) is 59.1 Å². The Morgan fingerprint density at radius 1 is 1.06 bits per heavy atom. The van der Waals surface area contributed by atoms with Gasteiger partial charge in [0.2, 0.25) is 15.0 Å². The number of nitrogens with zero attached hydrogens (tertiary/aromatic N) is 5. The highest BCUT2D eigenvalue weighted by atomic mass is 32.2. The van der Waals surface area contributed by atoms with E-state index in [1.807, 2.05) is 0 Å². The number of rotatable bonds is 6. The highest BCUT2D eigenvalue weighted by molar-refractivity contribution is 7.90. The molecular weight excluding hydrogens is 509 g/mol. The van der Waals surface area contributed by atoms with E-state index in [1.54, 1.807) is 37.4 Å². The first-order valence-electron chi connectivity index (χ1n) is 10.2. The smallest absolute Gasteiger partial charge is 0.365 e. The van der Waals surface area contributed by atoms with E-state index >= 15 is 0 Å². The fourth-order valence-corrected chi connectivity index (χ4v) is 5.79. The average molecular weight is 531 g/mol. The van der Waals surface area contributed by atoms with Crippen LogP contribution in [0.4, 0.5) is 19.0 Å². The summed E-state index contributed by atoms with van der Waals surface area (Å²) in [4.78, 5) is 10.8. The molecule has 1 fully saturated rings. The van der Waals surface area contributed by atoms with Crippen LogP contribution in [0.1, 0.15) is 17.2 Å². The largest absolute Gasteiger partial charge is 0.433 e. The molecule has 3 aromatic rings. The number of aryl methyl sites for hydroxylation is 1. The first-order valence-corrected chi connectivity index (χ1v) is 13.5. The van der Waals surface area contributed by atoms with Crippen molar-refractivity contribution in [3.8, 4) is 0 Å². The summed E-state index contributed by atoms with van der Waals surface area (Å²) in [7, 11) is -6.52. The zero-order valence-corrected chi connectivity index (χ0v) is 20.1. The molecular formula is C20H21F3N6O4S2. The van der Waals surface area contributed by atoms with E-state index in [2.05, 4.69) is 20.3 Å². The van der Waals surface area contributed by atoms with Crippen molar-refractivity contribution in [1.29, 1.82) is 0 Å². The molecule has 1 N–H and O–H groups in total. The van der Waals surface area contributed by atoms with E-state index in [-0.39, 0.29) is 23.9 Å². The zero-order valence-electron chi connectivity index (χ0n) is 18.5. The normalized spacial score (nSPS) is 19.7. The number of nitrogens with one attached hydrogen (secondary N) is 1. The molecule has 0 bridgehead atoms. The maximum Gasteiger partial charge on any atom is 0.433 e. The number of hydrogen-bond donors (Lipinski definition) is 1. The van der Waals surface area contributed by atoms with E-state index in [1.165, 1.54) is 21.4 Å². The van der Waals surface area contributed by atoms with Crippen molar-refractivity contribution in [2.24, 2.45) is 7.05 Å². The van der Waals surface area contributed by atoms with Gasteiger partial charge in [0.1, 0.15) is 5.82 Å². The molecule has 2 atom stereocenters. The quantitative estimate of drug-likeness (QED) is 0.479. The molecule has 0 unspecified atom stereocenters. The predicted molar refractivity (Wildman–Crippen MR) is 119 cm³/mol. The van der Waals surface area contributed by atoms with Crippen LogP contribution in [0.25, 0.3) is 0 Å². The van der Waals surface area contributed by atoms with E-state index in [9.17, 15) is 30.0 Å².